The predicted octanol–water partition coefficient (Wildman–Crippen LogP) is 3.21. The number of Topliss-reactive ketones (excluding diaryl/α,β-unsaturated/α-hetero) is 1. The van der Waals surface area contributed by atoms with E-state index in [2.05, 4.69) is 5.32 Å². The van der Waals surface area contributed by atoms with Gasteiger partial charge in [0, 0.05) is 11.3 Å². The number of amides is 1. The van der Waals surface area contributed by atoms with Gasteiger partial charge in [0.2, 0.25) is 0 Å². The molecule has 2 rings (SSSR count). The van der Waals surface area contributed by atoms with Gasteiger partial charge in [0.05, 0.1) is 5.56 Å². The molecule has 1 amide bonds. The average molecular weight is 329 g/mol. The molecule has 0 fully saturated rings. The number of carbonyl (C=O) groups excluding carboxylic acids is 3. The smallest absolute Gasteiger partial charge is 0.338 e. The molecule has 6 heteroatoms. The van der Waals surface area contributed by atoms with Gasteiger partial charge in [-0.05, 0) is 50.2 Å². The average Bonchev–Trinajstić information content (AvgIpc) is 2.55. The normalized spacial score (nSPS) is 11.5. The van der Waals surface area contributed by atoms with Crippen LogP contribution in [0.5, 0.6) is 0 Å². The first-order valence-electron chi connectivity index (χ1n) is 7.25. The van der Waals surface area contributed by atoms with Gasteiger partial charge < -0.3 is 10.1 Å². The summed E-state index contributed by atoms with van der Waals surface area (Å²) in [6, 6.07) is 11.3. The second kappa shape index (κ2) is 7.50. The topological polar surface area (TPSA) is 72.5 Å². The zero-order valence-corrected chi connectivity index (χ0v) is 13.2. The van der Waals surface area contributed by atoms with E-state index < -0.39 is 23.8 Å². The Morgan fingerprint density at radius 3 is 2.33 bits per heavy atom. The van der Waals surface area contributed by atoms with Crippen molar-refractivity contribution in [2.24, 2.45) is 0 Å². The number of ketones is 1. The summed E-state index contributed by atoms with van der Waals surface area (Å²) in [6.07, 6.45) is -1.05. The molecule has 2 aromatic rings. The highest BCUT2D eigenvalue weighted by Gasteiger charge is 2.19. The molecule has 1 atom stereocenters. The van der Waals surface area contributed by atoms with E-state index in [-0.39, 0.29) is 11.3 Å². The molecule has 124 valence electrons. The fourth-order valence-electron chi connectivity index (χ4n) is 1.93. The lowest BCUT2D eigenvalue weighted by Gasteiger charge is -2.14. The lowest BCUT2D eigenvalue weighted by molar-refractivity contribution is -0.123. The second-order valence-electron chi connectivity index (χ2n) is 5.18. The summed E-state index contributed by atoms with van der Waals surface area (Å²) >= 11 is 0. The van der Waals surface area contributed by atoms with Gasteiger partial charge in [-0.25, -0.2) is 9.18 Å². The Bertz CT molecular complexity index is 771. The number of rotatable bonds is 5. The SMILES string of the molecule is CC(=O)c1cccc(NC(=O)C(C)OC(=O)c2ccc(F)cc2)c1. The zero-order valence-electron chi connectivity index (χ0n) is 13.2. The Balaban J connectivity index is 1.99. The van der Waals surface area contributed by atoms with E-state index in [0.717, 1.165) is 12.1 Å². The van der Waals surface area contributed by atoms with Crippen molar-refractivity contribution in [3.63, 3.8) is 0 Å². The molecular weight excluding hydrogens is 313 g/mol. The quantitative estimate of drug-likeness (QED) is 0.675. The fourth-order valence-corrected chi connectivity index (χ4v) is 1.93. The third kappa shape index (κ3) is 4.49. The minimum atomic E-state index is -1.05. The van der Waals surface area contributed by atoms with Gasteiger partial charge >= 0.3 is 5.97 Å². The first kappa shape index (κ1) is 17.3. The van der Waals surface area contributed by atoms with E-state index in [0.29, 0.717) is 11.3 Å². The van der Waals surface area contributed by atoms with Gasteiger partial charge in [-0.2, -0.15) is 0 Å². The fraction of sp³-hybridized carbons (Fsp3) is 0.167. The molecule has 0 saturated carbocycles. The van der Waals surface area contributed by atoms with Crippen LogP contribution in [-0.4, -0.2) is 23.8 Å². The molecular formula is C18H16FNO4. The molecule has 0 aromatic heterocycles. The molecule has 5 nitrogen and oxygen atoms in total. The molecule has 0 aliphatic heterocycles. The maximum atomic E-state index is 12.8. The molecule has 0 bridgehead atoms. The van der Waals surface area contributed by atoms with Crippen molar-refractivity contribution >= 4 is 23.3 Å². The summed E-state index contributed by atoms with van der Waals surface area (Å²) in [5.41, 5.74) is 1.04. The first-order chi connectivity index (χ1) is 11.4. The molecule has 1 unspecified atom stereocenters. The van der Waals surface area contributed by atoms with Crippen LogP contribution in [0.25, 0.3) is 0 Å². The minimum absolute atomic E-state index is 0.123. The van der Waals surface area contributed by atoms with Gasteiger partial charge in [-0.15, -0.1) is 0 Å². The van der Waals surface area contributed by atoms with Gasteiger partial charge in [0.25, 0.3) is 5.91 Å². The van der Waals surface area contributed by atoms with Crippen molar-refractivity contribution in [1.82, 2.24) is 0 Å². The van der Waals surface area contributed by atoms with Crippen molar-refractivity contribution in [2.45, 2.75) is 20.0 Å². The summed E-state index contributed by atoms with van der Waals surface area (Å²) in [7, 11) is 0. The van der Waals surface area contributed by atoms with Crippen molar-refractivity contribution in [3.8, 4) is 0 Å². The molecule has 0 heterocycles. The van der Waals surface area contributed by atoms with Crippen molar-refractivity contribution in [3.05, 3.63) is 65.5 Å². The number of esters is 1. The summed E-state index contributed by atoms with van der Waals surface area (Å²) in [5, 5.41) is 2.57. The number of hydrogen-bond acceptors (Lipinski definition) is 4. The van der Waals surface area contributed by atoms with Gasteiger partial charge in [0.1, 0.15) is 5.82 Å². The van der Waals surface area contributed by atoms with Crippen LogP contribution in [0.2, 0.25) is 0 Å². The lowest BCUT2D eigenvalue weighted by atomic mass is 10.1. The Morgan fingerprint density at radius 1 is 1.04 bits per heavy atom. The van der Waals surface area contributed by atoms with Crippen molar-refractivity contribution in [1.29, 1.82) is 0 Å². The summed E-state index contributed by atoms with van der Waals surface area (Å²) in [6.45, 7) is 2.85. The first-order valence-corrected chi connectivity index (χ1v) is 7.25. The summed E-state index contributed by atoms with van der Waals surface area (Å²) < 4.78 is 17.9. The summed E-state index contributed by atoms with van der Waals surface area (Å²) in [4.78, 5) is 35.3. The number of hydrogen-bond donors (Lipinski definition) is 1. The molecule has 1 N–H and O–H groups in total. The molecule has 0 radical (unpaired) electrons. The van der Waals surface area contributed by atoms with E-state index in [1.54, 1.807) is 18.2 Å². The van der Waals surface area contributed by atoms with Crippen LogP contribution >= 0.6 is 0 Å². The van der Waals surface area contributed by atoms with Crippen molar-refractivity contribution in [2.75, 3.05) is 5.32 Å². The number of halogens is 1. The van der Waals surface area contributed by atoms with E-state index >= 15 is 0 Å². The van der Waals surface area contributed by atoms with Crippen LogP contribution in [0.15, 0.2) is 48.5 Å². The monoisotopic (exact) mass is 329 g/mol. The van der Waals surface area contributed by atoms with E-state index in [1.807, 2.05) is 0 Å². The van der Waals surface area contributed by atoms with Crippen molar-refractivity contribution < 1.29 is 23.5 Å². The Labute approximate surface area is 138 Å². The highest BCUT2D eigenvalue weighted by atomic mass is 19.1. The van der Waals surface area contributed by atoms with Crippen LogP contribution in [0.1, 0.15) is 34.6 Å². The number of ether oxygens (including phenoxy) is 1. The number of carbonyl (C=O) groups is 3. The maximum Gasteiger partial charge on any atom is 0.338 e. The largest absolute Gasteiger partial charge is 0.449 e. The van der Waals surface area contributed by atoms with Crippen LogP contribution in [-0.2, 0) is 9.53 Å². The highest BCUT2D eigenvalue weighted by Crippen LogP contribution is 2.13. The molecule has 0 saturated heterocycles. The van der Waals surface area contributed by atoms with E-state index in [4.69, 9.17) is 4.74 Å². The number of benzene rings is 2. The number of anilines is 1. The highest BCUT2D eigenvalue weighted by molar-refractivity contribution is 5.99. The van der Waals surface area contributed by atoms with Crippen LogP contribution in [0, 0.1) is 5.82 Å². The standard InChI is InChI=1S/C18H16FNO4/c1-11(21)14-4-3-5-16(10-14)20-17(22)12(2)24-18(23)13-6-8-15(19)9-7-13/h3-10,12H,1-2H3,(H,20,22). The van der Waals surface area contributed by atoms with Gasteiger partial charge in [-0.1, -0.05) is 12.1 Å². The predicted molar refractivity (Wildman–Crippen MR) is 86.4 cm³/mol. The number of nitrogens with one attached hydrogen (secondary N) is 1. The van der Waals surface area contributed by atoms with Crippen LogP contribution in [0.4, 0.5) is 10.1 Å². The van der Waals surface area contributed by atoms with Crippen LogP contribution < -0.4 is 5.32 Å². The molecule has 0 spiro atoms. The summed E-state index contributed by atoms with van der Waals surface area (Å²) in [5.74, 6) is -1.86. The molecule has 0 aliphatic rings. The second-order valence-corrected chi connectivity index (χ2v) is 5.18. The lowest BCUT2D eigenvalue weighted by Crippen LogP contribution is -2.30. The van der Waals surface area contributed by atoms with E-state index in [1.165, 1.54) is 32.0 Å². The third-order valence-corrected chi connectivity index (χ3v) is 3.27. The third-order valence-electron chi connectivity index (χ3n) is 3.27. The minimum Gasteiger partial charge on any atom is -0.449 e. The van der Waals surface area contributed by atoms with Crippen LogP contribution in [0.3, 0.4) is 0 Å². The molecule has 2 aromatic carbocycles. The molecule has 24 heavy (non-hydrogen) atoms. The van der Waals surface area contributed by atoms with E-state index in [9.17, 15) is 18.8 Å². The Hall–Kier alpha value is -3.02. The zero-order chi connectivity index (χ0) is 17.7. The maximum absolute atomic E-state index is 12.8. The Morgan fingerprint density at radius 2 is 1.71 bits per heavy atom. The van der Waals surface area contributed by atoms with Gasteiger partial charge in [-0.3, -0.25) is 9.59 Å². The van der Waals surface area contributed by atoms with Gasteiger partial charge in [0.15, 0.2) is 11.9 Å². The molecule has 0 aliphatic carbocycles. The Kier molecular flexibility index (Phi) is 5.42.